The van der Waals surface area contributed by atoms with Crippen molar-refractivity contribution in [2.24, 2.45) is 0 Å². The van der Waals surface area contributed by atoms with E-state index in [4.69, 9.17) is 0 Å². The molecular weight excluding hydrogens is 801 g/mol. The van der Waals surface area contributed by atoms with Crippen LogP contribution >= 0.6 is 0 Å². The van der Waals surface area contributed by atoms with Crippen LogP contribution in [-0.4, -0.2) is 19.1 Å². The van der Waals surface area contributed by atoms with Gasteiger partial charge in [-0.15, -0.1) is 59.7 Å². The number of hydrogen-bond acceptors (Lipinski definition) is 2. The predicted octanol–water partition coefficient (Wildman–Crippen LogP) is 11.3. The number of para-hydroxylation sites is 3. The molecule has 4 aromatic heterocycles. The van der Waals surface area contributed by atoms with E-state index in [-0.39, 0.29) is 20.1 Å². The first-order valence-electron chi connectivity index (χ1n) is 16.7. The number of hydrogen-bond donors (Lipinski definition) is 0. The fourth-order valence-electron chi connectivity index (χ4n) is 6.87. The number of rotatable bonds is 4. The number of fused-ring (bicyclic) bond motifs is 6. The first-order chi connectivity index (χ1) is 24.8. The minimum absolute atomic E-state index is 0. The fourth-order valence-corrected chi connectivity index (χ4v) is 6.87. The molecule has 51 heavy (non-hydrogen) atoms. The van der Waals surface area contributed by atoms with Crippen LogP contribution in [0.1, 0.15) is 0 Å². The maximum Gasteiger partial charge on any atom is 0.0562 e. The molecule has 0 saturated heterocycles. The zero-order valence-electron chi connectivity index (χ0n) is 27.4. The van der Waals surface area contributed by atoms with E-state index in [0.29, 0.717) is 0 Å². The molecule has 0 aliphatic carbocycles. The molecule has 0 aliphatic rings. The second-order valence-corrected chi connectivity index (χ2v) is 12.1. The smallest absolute Gasteiger partial charge is 0.0562 e. The Labute approximate surface area is 309 Å². The van der Waals surface area contributed by atoms with E-state index < -0.39 is 0 Å². The van der Waals surface area contributed by atoms with Crippen LogP contribution in [0.15, 0.2) is 182 Å². The molecule has 6 aromatic carbocycles. The summed E-state index contributed by atoms with van der Waals surface area (Å²) in [5.74, 6) is 0. The Balaban J connectivity index is 0.000000245. The van der Waals surface area contributed by atoms with E-state index in [0.717, 1.165) is 39.4 Å². The van der Waals surface area contributed by atoms with Crippen molar-refractivity contribution in [1.82, 2.24) is 19.1 Å². The molecule has 0 N–H and O–H groups in total. The summed E-state index contributed by atoms with van der Waals surface area (Å²) < 4.78 is 4.73. The molecule has 0 atom stereocenters. The van der Waals surface area contributed by atoms with E-state index in [9.17, 15) is 0 Å². The minimum Gasteiger partial charge on any atom is -0.351 e. The van der Waals surface area contributed by atoms with E-state index in [1.54, 1.807) is 6.20 Å². The van der Waals surface area contributed by atoms with Crippen molar-refractivity contribution >= 4 is 43.6 Å². The van der Waals surface area contributed by atoms with Crippen molar-refractivity contribution in [1.29, 1.82) is 0 Å². The van der Waals surface area contributed by atoms with Crippen LogP contribution in [-0.2, 0) is 20.1 Å². The average molecular weight is 831 g/mol. The molecule has 245 valence electrons. The van der Waals surface area contributed by atoms with E-state index in [2.05, 4.69) is 140 Å². The van der Waals surface area contributed by atoms with Gasteiger partial charge in [0.25, 0.3) is 0 Å². The van der Waals surface area contributed by atoms with Gasteiger partial charge in [0.2, 0.25) is 0 Å². The van der Waals surface area contributed by atoms with Gasteiger partial charge < -0.3 is 19.1 Å². The molecule has 0 aliphatic heterocycles. The van der Waals surface area contributed by atoms with Crippen molar-refractivity contribution in [2.75, 3.05) is 0 Å². The molecule has 10 rings (SSSR count). The van der Waals surface area contributed by atoms with E-state index in [1.807, 2.05) is 66.9 Å². The molecule has 0 bridgehead atoms. The summed E-state index contributed by atoms with van der Waals surface area (Å²) in [6.07, 6.45) is 3.62. The normalized spacial score (nSPS) is 11.0. The molecule has 10 aromatic rings. The summed E-state index contributed by atoms with van der Waals surface area (Å²) in [4.78, 5) is 8.80. The number of nitrogens with zero attached hydrogens (tertiary/aromatic N) is 4. The molecule has 4 nitrogen and oxygen atoms in total. The Morgan fingerprint density at radius 1 is 0.392 bits per heavy atom. The second kappa shape index (κ2) is 14.0. The molecule has 0 fully saturated rings. The van der Waals surface area contributed by atoms with Crippen molar-refractivity contribution in [3.05, 3.63) is 194 Å². The standard InChI is InChI=1S/C35H22N3.C11H8N.Ir/c1-3-11-25(12-4-1)37-32-17-8-7-15-27(32)29-22-30-28-21-24(31-16-9-10-20-36-31)18-19-33(28)38(35(30)23-34(29)37)26-13-5-2-6-14-26;1-2-6-10(7-3-1)11-8-4-5-9-12-11;/h1-17,19-23H;1-6,8-9H;/q2*-1;. The Hall–Kier alpha value is -6.13. The zero-order chi connectivity index (χ0) is 33.3. The first kappa shape index (κ1) is 32.1. The summed E-state index contributed by atoms with van der Waals surface area (Å²) in [5.41, 5.74) is 10.9. The van der Waals surface area contributed by atoms with Crippen LogP contribution in [0.4, 0.5) is 0 Å². The minimum atomic E-state index is 0. The van der Waals surface area contributed by atoms with Gasteiger partial charge in [0.1, 0.15) is 0 Å². The molecule has 0 amide bonds. The summed E-state index contributed by atoms with van der Waals surface area (Å²) in [6.45, 7) is 0. The number of aromatic nitrogens is 4. The van der Waals surface area contributed by atoms with Crippen LogP contribution in [0.3, 0.4) is 0 Å². The quantitative estimate of drug-likeness (QED) is 0.166. The third-order valence-corrected chi connectivity index (χ3v) is 9.11. The molecule has 5 heteroatoms. The average Bonchev–Trinajstić information content (AvgIpc) is 3.70. The summed E-state index contributed by atoms with van der Waals surface area (Å²) in [5, 5.41) is 4.91. The third-order valence-electron chi connectivity index (χ3n) is 9.11. The maximum atomic E-state index is 4.59. The van der Waals surface area contributed by atoms with Crippen LogP contribution in [0.25, 0.3) is 77.5 Å². The Morgan fingerprint density at radius 3 is 1.57 bits per heavy atom. The Bertz CT molecular complexity index is 2690. The van der Waals surface area contributed by atoms with Crippen molar-refractivity contribution < 1.29 is 20.1 Å². The third kappa shape index (κ3) is 5.93. The van der Waals surface area contributed by atoms with Crippen LogP contribution in [0.5, 0.6) is 0 Å². The topological polar surface area (TPSA) is 35.6 Å². The van der Waals surface area contributed by atoms with Crippen molar-refractivity contribution in [2.45, 2.75) is 0 Å². The van der Waals surface area contributed by atoms with Gasteiger partial charge in [0.15, 0.2) is 0 Å². The van der Waals surface area contributed by atoms with Crippen LogP contribution in [0.2, 0.25) is 0 Å². The molecule has 4 heterocycles. The van der Waals surface area contributed by atoms with E-state index in [1.165, 1.54) is 38.1 Å². The monoisotopic (exact) mass is 831 g/mol. The molecule has 0 spiro atoms. The number of benzene rings is 6. The number of pyridine rings is 2. The van der Waals surface area contributed by atoms with Gasteiger partial charge in [-0.2, -0.15) is 0 Å². The van der Waals surface area contributed by atoms with E-state index >= 15 is 0 Å². The van der Waals surface area contributed by atoms with Gasteiger partial charge in [-0.1, -0.05) is 84.2 Å². The fraction of sp³-hybridized carbons (Fsp3) is 0. The molecule has 0 unspecified atom stereocenters. The van der Waals surface area contributed by atoms with Crippen molar-refractivity contribution in [3.63, 3.8) is 0 Å². The van der Waals surface area contributed by atoms with Crippen LogP contribution in [0, 0.1) is 12.1 Å². The molecular formula is C46H30IrN4-2. The molecule has 0 saturated carbocycles. The summed E-state index contributed by atoms with van der Waals surface area (Å²) in [6, 6.07) is 65.3. The second-order valence-electron chi connectivity index (χ2n) is 12.1. The predicted molar refractivity (Wildman–Crippen MR) is 206 cm³/mol. The maximum absolute atomic E-state index is 4.59. The van der Waals surface area contributed by atoms with Gasteiger partial charge in [0.05, 0.1) is 11.0 Å². The van der Waals surface area contributed by atoms with Gasteiger partial charge >= 0.3 is 0 Å². The largest absolute Gasteiger partial charge is 0.351 e. The van der Waals surface area contributed by atoms with Gasteiger partial charge in [0, 0.05) is 60.2 Å². The van der Waals surface area contributed by atoms with Crippen molar-refractivity contribution in [3.8, 4) is 33.9 Å². The summed E-state index contributed by atoms with van der Waals surface area (Å²) >= 11 is 0. The van der Waals surface area contributed by atoms with Gasteiger partial charge in [-0.25, -0.2) is 0 Å². The Morgan fingerprint density at radius 2 is 0.941 bits per heavy atom. The zero-order valence-corrected chi connectivity index (χ0v) is 29.8. The Kier molecular flexibility index (Phi) is 8.81. The SMILES string of the molecule is [Ir].[c-]1cc2c(cc1-c1ccccn1)c1cc3c4ccccc4n(-c4ccccc4)c3cc1n2-c1ccccc1.[c-]1ccccc1-c1ccccn1. The van der Waals surface area contributed by atoms with Gasteiger partial charge in [-0.05, 0) is 76.9 Å². The summed E-state index contributed by atoms with van der Waals surface area (Å²) in [7, 11) is 0. The first-order valence-corrected chi connectivity index (χ1v) is 16.7. The van der Waals surface area contributed by atoms with Gasteiger partial charge in [-0.3, -0.25) is 0 Å². The molecule has 1 radical (unpaired) electrons. The van der Waals surface area contributed by atoms with Crippen LogP contribution < -0.4 is 0 Å².